The van der Waals surface area contributed by atoms with Crippen molar-refractivity contribution in [2.75, 3.05) is 0 Å². The summed E-state index contributed by atoms with van der Waals surface area (Å²) in [6.07, 6.45) is 0. The average Bonchev–Trinajstić information content (AvgIpc) is 2.39. The Hall–Kier alpha value is -1.46. The zero-order valence-electron chi connectivity index (χ0n) is 9.87. The molecule has 2 nitrogen and oxygen atoms in total. The number of hydrogen-bond donors (Lipinski definition) is 1. The Labute approximate surface area is 117 Å². The van der Waals surface area contributed by atoms with Gasteiger partial charge in [-0.1, -0.05) is 6.07 Å². The summed E-state index contributed by atoms with van der Waals surface area (Å²) < 4.78 is 32.3. The SMILES string of the molecule is OCc1ccc(OCc2ccc(F)cc2F)c(Br)c1. The second-order valence-electron chi connectivity index (χ2n) is 3.95. The average molecular weight is 329 g/mol. The van der Waals surface area contributed by atoms with E-state index in [9.17, 15) is 8.78 Å². The van der Waals surface area contributed by atoms with E-state index < -0.39 is 11.6 Å². The second kappa shape index (κ2) is 6.12. The van der Waals surface area contributed by atoms with E-state index in [1.54, 1.807) is 18.2 Å². The molecule has 0 unspecified atom stereocenters. The molecule has 0 heterocycles. The normalized spacial score (nSPS) is 10.5. The van der Waals surface area contributed by atoms with E-state index in [1.807, 2.05) is 0 Å². The second-order valence-corrected chi connectivity index (χ2v) is 4.80. The Morgan fingerprint density at radius 1 is 1.11 bits per heavy atom. The third kappa shape index (κ3) is 3.52. The van der Waals surface area contributed by atoms with Crippen molar-refractivity contribution in [1.82, 2.24) is 0 Å². The molecule has 1 N–H and O–H groups in total. The smallest absolute Gasteiger partial charge is 0.134 e. The number of aliphatic hydroxyl groups excluding tert-OH is 1. The van der Waals surface area contributed by atoms with Gasteiger partial charge in [-0.15, -0.1) is 0 Å². The van der Waals surface area contributed by atoms with Gasteiger partial charge >= 0.3 is 0 Å². The molecule has 5 heteroatoms. The first-order valence-electron chi connectivity index (χ1n) is 5.56. The maximum absolute atomic E-state index is 13.4. The molecule has 0 saturated heterocycles. The van der Waals surface area contributed by atoms with Crippen LogP contribution in [0.25, 0.3) is 0 Å². The zero-order chi connectivity index (χ0) is 13.8. The van der Waals surface area contributed by atoms with Gasteiger partial charge in [0.25, 0.3) is 0 Å². The van der Waals surface area contributed by atoms with Crippen LogP contribution in [0.15, 0.2) is 40.9 Å². The van der Waals surface area contributed by atoms with Gasteiger partial charge in [-0.3, -0.25) is 0 Å². The van der Waals surface area contributed by atoms with Gasteiger partial charge < -0.3 is 9.84 Å². The van der Waals surface area contributed by atoms with Crippen LogP contribution in [0.5, 0.6) is 5.75 Å². The van der Waals surface area contributed by atoms with Crippen molar-refractivity contribution in [3.63, 3.8) is 0 Å². The van der Waals surface area contributed by atoms with Crippen LogP contribution in [0.1, 0.15) is 11.1 Å². The Morgan fingerprint density at radius 3 is 2.53 bits per heavy atom. The Bertz CT molecular complexity index is 588. The fourth-order valence-electron chi connectivity index (χ4n) is 1.55. The summed E-state index contributed by atoms with van der Waals surface area (Å²) in [5.74, 6) is -0.723. The van der Waals surface area contributed by atoms with E-state index in [4.69, 9.17) is 9.84 Å². The van der Waals surface area contributed by atoms with Crippen LogP contribution in [0.2, 0.25) is 0 Å². The van der Waals surface area contributed by atoms with Gasteiger partial charge in [-0.05, 0) is 45.8 Å². The van der Waals surface area contributed by atoms with Crippen LogP contribution in [-0.2, 0) is 13.2 Å². The molecule has 100 valence electrons. The van der Waals surface area contributed by atoms with E-state index >= 15 is 0 Å². The van der Waals surface area contributed by atoms with Crippen LogP contribution in [-0.4, -0.2) is 5.11 Å². The number of ether oxygens (including phenoxy) is 1. The molecule has 0 aromatic heterocycles. The highest BCUT2D eigenvalue weighted by atomic mass is 79.9. The highest BCUT2D eigenvalue weighted by molar-refractivity contribution is 9.10. The van der Waals surface area contributed by atoms with Gasteiger partial charge in [0.1, 0.15) is 24.0 Å². The lowest BCUT2D eigenvalue weighted by atomic mass is 10.2. The Kier molecular flexibility index (Phi) is 4.50. The first-order chi connectivity index (χ1) is 9.10. The maximum Gasteiger partial charge on any atom is 0.134 e. The molecule has 0 atom stereocenters. The predicted molar refractivity (Wildman–Crippen MR) is 70.8 cm³/mol. The predicted octanol–water partition coefficient (Wildman–Crippen LogP) is 3.80. The van der Waals surface area contributed by atoms with E-state index in [-0.39, 0.29) is 18.8 Å². The van der Waals surface area contributed by atoms with Crippen molar-refractivity contribution >= 4 is 15.9 Å². The first-order valence-corrected chi connectivity index (χ1v) is 6.35. The van der Waals surface area contributed by atoms with Crippen molar-refractivity contribution < 1.29 is 18.6 Å². The van der Waals surface area contributed by atoms with Crippen molar-refractivity contribution in [1.29, 1.82) is 0 Å². The van der Waals surface area contributed by atoms with Gasteiger partial charge in [-0.2, -0.15) is 0 Å². The lowest BCUT2D eigenvalue weighted by Gasteiger charge is -2.10. The third-order valence-corrected chi connectivity index (χ3v) is 3.20. The summed E-state index contributed by atoms with van der Waals surface area (Å²) in [7, 11) is 0. The van der Waals surface area contributed by atoms with Crippen molar-refractivity contribution in [3.05, 3.63) is 63.6 Å². The molecule has 0 aliphatic rings. The van der Waals surface area contributed by atoms with E-state index in [2.05, 4.69) is 15.9 Å². The molecule has 0 bridgehead atoms. The molecule has 0 aliphatic carbocycles. The number of benzene rings is 2. The van der Waals surface area contributed by atoms with Crippen molar-refractivity contribution in [3.8, 4) is 5.75 Å². The first kappa shape index (κ1) is 14.0. The lowest BCUT2D eigenvalue weighted by Crippen LogP contribution is -2.00. The summed E-state index contributed by atoms with van der Waals surface area (Å²) in [5, 5.41) is 8.98. The Balaban J connectivity index is 2.10. The number of rotatable bonds is 4. The molecule has 0 fully saturated rings. The molecular weight excluding hydrogens is 318 g/mol. The minimum atomic E-state index is -0.636. The van der Waals surface area contributed by atoms with Crippen LogP contribution < -0.4 is 4.74 Å². The van der Waals surface area contributed by atoms with Gasteiger partial charge in [-0.25, -0.2) is 8.78 Å². The summed E-state index contributed by atoms with van der Waals surface area (Å²) in [4.78, 5) is 0. The van der Waals surface area contributed by atoms with Gasteiger partial charge in [0.15, 0.2) is 0 Å². The van der Waals surface area contributed by atoms with Crippen LogP contribution in [0.4, 0.5) is 8.78 Å². The molecule has 0 aliphatic heterocycles. The van der Waals surface area contributed by atoms with Crippen LogP contribution >= 0.6 is 15.9 Å². The number of aliphatic hydroxyl groups is 1. The maximum atomic E-state index is 13.4. The largest absolute Gasteiger partial charge is 0.488 e. The molecule has 0 saturated carbocycles. The molecular formula is C14H11BrF2O2. The zero-order valence-corrected chi connectivity index (χ0v) is 11.5. The molecule has 0 radical (unpaired) electrons. The fourth-order valence-corrected chi connectivity index (χ4v) is 2.09. The third-order valence-electron chi connectivity index (χ3n) is 2.58. The lowest BCUT2D eigenvalue weighted by molar-refractivity contribution is 0.280. The summed E-state index contributed by atoms with van der Waals surface area (Å²) >= 11 is 3.30. The van der Waals surface area contributed by atoms with Gasteiger partial charge in [0, 0.05) is 11.6 Å². The topological polar surface area (TPSA) is 29.5 Å². The summed E-state index contributed by atoms with van der Waals surface area (Å²) in [6, 6.07) is 8.46. The highest BCUT2D eigenvalue weighted by Gasteiger charge is 2.07. The highest BCUT2D eigenvalue weighted by Crippen LogP contribution is 2.27. The van der Waals surface area contributed by atoms with E-state index in [1.165, 1.54) is 12.1 Å². The summed E-state index contributed by atoms with van der Waals surface area (Å²) in [6.45, 7) is -0.0609. The van der Waals surface area contributed by atoms with Gasteiger partial charge in [0.05, 0.1) is 11.1 Å². The molecule has 0 amide bonds. The molecule has 2 aromatic carbocycles. The van der Waals surface area contributed by atoms with Crippen LogP contribution in [0.3, 0.4) is 0 Å². The minimum Gasteiger partial charge on any atom is -0.488 e. The Morgan fingerprint density at radius 2 is 1.89 bits per heavy atom. The van der Waals surface area contributed by atoms with Crippen molar-refractivity contribution in [2.45, 2.75) is 13.2 Å². The minimum absolute atomic E-state index is 0.00316. The molecule has 2 rings (SSSR count). The monoisotopic (exact) mass is 328 g/mol. The van der Waals surface area contributed by atoms with Crippen LogP contribution in [0, 0.1) is 11.6 Å². The summed E-state index contributed by atoms with van der Waals surface area (Å²) in [5.41, 5.74) is 1.02. The molecule has 0 spiro atoms. The fraction of sp³-hybridized carbons (Fsp3) is 0.143. The number of halogens is 3. The number of hydrogen-bond acceptors (Lipinski definition) is 2. The quantitative estimate of drug-likeness (QED) is 0.925. The standard InChI is InChI=1S/C14H11BrF2O2/c15-12-5-9(7-18)1-4-14(12)19-8-10-2-3-11(16)6-13(10)17/h1-6,18H,7-8H2. The molecule has 19 heavy (non-hydrogen) atoms. The van der Waals surface area contributed by atoms with E-state index in [0.29, 0.717) is 10.2 Å². The molecule has 2 aromatic rings. The van der Waals surface area contributed by atoms with E-state index in [0.717, 1.165) is 11.6 Å². The van der Waals surface area contributed by atoms with Crippen molar-refractivity contribution in [2.24, 2.45) is 0 Å². The van der Waals surface area contributed by atoms with Gasteiger partial charge in [0.2, 0.25) is 0 Å².